The van der Waals surface area contributed by atoms with E-state index in [1.807, 2.05) is 0 Å². The molecule has 5 aliphatic carbocycles. The second-order valence-corrected chi connectivity index (χ2v) is 35.6. The van der Waals surface area contributed by atoms with Gasteiger partial charge in [0.05, 0.1) is 0 Å². The predicted molar refractivity (Wildman–Crippen MR) is 517 cm³/mol. The van der Waals surface area contributed by atoms with Gasteiger partial charge in [-0.3, -0.25) is 0 Å². The number of fused-ring (bicyclic) bond motifs is 18. The monoisotopic (exact) mass is 1550 g/mol. The minimum Gasteiger partial charge on any atom is -0.0622 e. The largest absolute Gasteiger partial charge is 0.0622 e. The van der Waals surface area contributed by atoms with E-state index in [2.05, 4.69) is 408 Å². The lowest BCUT2D eigenvalue weighted by atomic mass is 9.84. The SMILES string of the molecule is Cc1ccc2c(c1)CCC(C)C2.Cc1ccc2c(c1)CCc1cc(C)ccc1-2.Cc1ccc2c(c1)CCc1cc(C)ccc1-2.Cc1ccc2c(c1)Cc1cc(C)ccc1-2.Cc1ccc2c(c1)Cc1ccc(C)cc1C2.Cc1ccc2c(ccc3cc(C)ccc32)c1.Cc1ccc2cc(C)ccc2c1.Cc1ccc2cc3cc(C)ccc3cc2c1. The van der Waals surface area contributed by atoms with Gasteiger partial charge in [0, 0.05) is 0 Å². The highest BCUT2D eigenvalue weighted by molar-refractivity contribution is 6.08. The van der Waals surface area contributed by atoms with Gasteiger partial charge in [-0.05, 0) is 340 Å². The van der Waals surface area contributed by atoms with Crippen molar-refractivity contribution < 1.29 is 0 Å². The van der Waals surface area contributed by atoms with Crippen molar-refractivity contribution in [3.63, 3.8) is 0 Å². The van der Waals surface area contributed by atoms with Crippen LogP contribution in [0.15, 0.2) is 297 Å². The third-order valence-corrected chi connectivity index (χ3v) is 24.9. The molecule has 0 radical (unpaired) electrons. The molecule has 0 aliphatic heterocycles. The number of aryl methyl sites for hydroxylation is 20. The Hall–Kier alpha value is -12.0. The van der Waals surface area contributed by atoms with Crippen LogP contribution in [0, 0.1) is 110 Å². The minimum absolute atomic E-state index is 0.889. The summed E-state index contributed by atoms with van der Waals surface area (Å²) in [6.45, 7) is 34.7. The zero-order chi connectivity index (χ0) is 83.1. The number of benzene rings is 17. The van der Waals surface area contributed by atoms with Gasteiger partial charge in [-0.1, -0.05) is 375 Å². The van der Waals surface area contributed by atoms with Crippen LogP contribution in [0.25, 0.3) is 87.2 Å². The first-order valence-electron chi connectivity index (χ1n) is 43.5. The molecule has 0 heteroatoms. The lowest BCUT2D eigenvalue weighted by Crippen LogP contribution is -2.10. The van der Waals surface area contributed by atoms with Crippen LogP contribution in [-0.4, -0.2) is 0 Å². The van der Waals surface area contributed by atoms with Crippen LogP contribution >= 0.6 is 0 Å². The summed E-state index contributed by atoms with van der Waals surface area (Å²) < 4.78 is 0. The molecule has 22 rings (SSSR count). The zero-order valence-corrected chi connectivity index (χ0v) is 73.4. The van der Waals surface area contributed by atoms with Gasteiger partial charge in [0.25, 0.3) is 0 Å². The Morgan fingerprint density at radius 3 is 0.714 bits per heavy atom. The van der Waals surface area contributed by atoms with Crippen LogP contribution in [-0.2, 0) is 57.8 Å². The molecule has 17 aromatic rings. The standard InChI is InChI=1S/2C16H16.C16H14.C16H16.C16H14.C15H14.C12H16.C12H12/c3*1-11-3-7-15-13(9-11)5-6-14-10-12(2)4-8-16(14)15;2*1-11-3-5-13-10-16-8-12(2)4-6-14(16)9-15(13)7-11;1-10-3-5-14-12(7-10)9-13-8-11(2)4-6-15(13)14;2*1-9-3-5-12-8-10(2)4-6-11(12)7-9/h2*3-4,7-10H,5-6H2,1-2H3;3-10H,1-2H3;3-8H,9-10H2,1-2H3;3-10H,1-2H3;3-8H,9H2,1-2H3;3,5,7,10H,4,6,8H2,1-2H3;3-8H,1-2H3. The summed E-state index contributed by atoms with van der Waals surface area (Å²) in [5.41, 5.74) is 47.1. The average molecular weight is 1550 g/mol. The van der Waals surface area contributed by atoms with E-state index in [1.165, 1.54) is 271 Å². The van der Waals surface area contributed by atoms with Crippen molar-refractivity contribution in [3.05, 3.63) is 447 Å². The van der Waals surface area contributed by atoms with E-state index in [1.54, 1.807) is 11.1 Å². The van der Waals surface area contributed by atoms with Crippen molar-refractivity contribution >= 4 is 53.9 Å². The summed E-state index contributed by atoms with van der Waals surface area (Å²) in [7, 11) is 0. The van der Waals surface area contributed by atoms with Crippen LogP contribution < -0.4 is 0 Å². The van der Waals surface area contributed by atoms with E-state index in [-0.39, 0.29) is 0 Å². The quantitative estimate of drug-likeness (QED) is 0.105. The molecule has 0 saturated carbocycles. The van der Waals surface area contributed by atoms with E-state index >= 15 is 0 Å². The maximum Gasteiger partial charge on any atom is -0.00133 e. The maximum absolute atomic E-state index is 2.35. The molecule has 17 aromatic carbocycles. The van der Waals surface area contributed by atoms with Gasteiger partial charge in [-0.25, -0.2) is 0 Å². The third-order valence-electron chi connectivity index (χ3n) is 24.9. The molecular weight excluding hydrogens is 1430 g/mol. The lowest BCUT2D eigenvalue weighted by Gasteiger charge is -2.21. The normalized spacial score (nSPS) is 13.1. The lowest BCUT2D eigenvalue weighted by molar-refractivity contribution is 0.501. The molecule has 119 heavy (non-hydrogen) atoms. The molecule has 0 aromatic heterocycles. The van der Waals surface area contributed by atoms with E-state index < -0.39 is 0 Å². The Balaban J connectivity index is 0.000000106. The summed E-state index contributed by atoms with van der Waals surface area (Å²) in [4.78, 5) is 0. The molecule has 0 amide bonds. The molecule has 594 valence electrons. The molecule has 0 N–H and O–H groups in total. The van der Waals surface area contributed by atoms with E-state index in [0.29, 0.717) is 0 Å². The first kappa shape index (κ1) is 82.2. The van der Waals surface area contributed by atoms with E-state index in [4.69, 9.17) is 0 Å². The molecule has 0 fully saturated rings. The fourth-order valence-corrected chi connectivity index (χ4v) is 18.5. The van der Waals surface area contributed by atoms with Gasteiger partial charge in [0.2, 0.25) is 0 Å². The molecular formula is C119H118. The Bertz CT molecular complexity index is 6130. The molecule has 0 heterocycles. The van der Waals surface area contributed by atoms with Crippen molar-refractivity contribution in [3.8, 4) is 33.4 Å². The Kier molecular flexibility index (Phi) is 25.2. The average Bonchev–Trinajstić information content (AvgIpc) is 1.60. The van der Waals surface area contributed by atoms with Gasteiger partial charge in [-0.2, -0.15) is 0 Å². The Morgan fingerprint density at radius 1 is 0.160 bits per heavy atom. The molecule has 0 spiro atoms. The van der Waals surface area contributed by atoms with Crippen LogP contribution in [0.2, 0.25) is 0 Å². The second-order valence-electron chi connectivity index (χ2n) is 35.6. The maximum atomic E-state index is 2.35. The Labute approximate surface area is 710 Å². The molecule has 5 aliphatic rings. The predicted octanol–water partition coefficient (Wildman–Crippen LogP) is 31.6. The topological polar surface area (TPSA) is 0 Å². The highest BCUT2D eigenvalue weighted by atomic mass is 14.3. The van der Waals surface area contributed by atoms with Gasteiger partial charge in [-0.15, -0.1) is 0 Å². The number of hydrogen-bond donors (Lipinski definition) is 0. The van der Waals surface area contributed by atoms with E-state index in [0.717, 1.165) is 25.2 Å². The Morgan fingerprint density at radius 2 is 0.378 bits per heavy atom. The molecule has 0 bridgehead atoms. The van der Waals surface area contributed by atoms with Crippen molar-refractivity contribution in [1.29, 1.82) is 0 Å². The first-order chi connectivity index (χ1) is 57.4. The summed E-state index contributed by atoms with van der Waals surface area (Å²) in [5.74, 6) is 0.889. The minimum atomic E-state index is 0.889. The molecule has 1 unspecified atom stereocenters. The van der Waals surface area contributed by atoms with Gasteiger partial charge < -0.3 is 0 Å². The highest BCUT2D eigenvalue weighted by Gasteiger charge is 2.21. The second kappa shape index (κ2) is 36.5. The fraction of sp³-hybridized carbons (Fsp3) is 0.227. The first-order valence-corrected chi connectivity index (χ1v) is 43.5. The fourth-order valence-electron chi connectivity index (χ4n) is 18.5. The van der Waals surface area contributed by atoms with Gasteiger partial charge in [0.15, 0.2) is 0 Å². The van der Waals surface area contributed by atoms with Crippen LogP contribution in [0.1, 0.15) is 164 Å². The number of rotatable bonds is 0. The molecule has 0 nitrogen and oxygen atoms in total. The molecule has 0 saturated heterocycles. The zero-order valence-electron chi connectivity index (χ0n) is 73.4. The van der Waals surface area contributed by atoms with Gasteiger partial charge >= 0.3 is 0 Å². The highest BCUT2D eigenvalue weighted by Crippen LogP contribution is 2.40. The summed E-state index contributed by atoms with van der Waals surface area (Å²) in [6.07, 6.45) is 12.0. The summed E-state index contributed by atoms with van der Waals surface area (Å²) in [6, 6.07) is 110. The number of hydrogen-bond acceptors (Lipinski definition) is 0. The molecule has 1 atom stereocenters. The third kappa shape index (κ3) is 20.1. The van der Waals surface area contributed by atoms with Crippen molar-refractivity contribution in [2.45, 2.75) is 175 Å². The van der Waals surface area contributed by atoms with Crippen LogP contribution in [0.5, 0.6) is 0 Å². The van der Waals surface area contributed by atoms with Crippen LogP contribution in [0.4, 0.5) is 0 Å². The smallest absolute Gasteiger partial charge is 0.00133 e. The summed E-state index contributed by atoms with van der Waals surface area (Å²) >= 11 is 0. The van der Waals surface area contributed by atoms with E-state index in [9.17, 15) is 0 Å². The summed E-state index contributed by atoms with van der Waals surface area (Å²) in [5, 5.41) is 13.3. The van der Waals surface area contributed by atoms with Crippen molar-refractivity contribution in [2.24, 2.45) is 5.92 Å². The van der Waals surface area contributed by atoms with Crippen molar-refractivity contribution in [1.82, 2.24) is 0 Å². The van der Waals surface area contributed by atoms with Gasteiger partial charge in [0.1, 0.15) is 0 Å². The van der Waals surface area contributed by atoms with Crippen molar-refractivity contribution in [2.75, 3.05) is 0 Å². The van der Waals surface area contributed by atoms with Crippen LogP contribution in [0.3, 0.4) is 0 Å².